The van der Waals surface area contributed by atoms with Crippen molar-refractivity contribution in [2.75, 3.05) is 50.7 Å². The number of likely N-dealkylation sites (tertiary alicyclic amines) is 1. The van der Waals surface area contributed by atoms with Crippen molar-refractivity contribution in [1.29, 1.82) is 0 Å². The van der Waals surface area contributed by atoms with E-state index in [1.807, 2.05) is 23.2 Å². The van der Waals surface area contributed by atoms with Gasteiger partial charge < -0.3 is 15.5 Å². The summed E-state index contributed by atoms with van der Waals surface area (Å²) >= 11 is 0. The number of carbonyl (C=O) groups excluding carboxylic acids is 1. The Hall–Kier alpha value is -1.08. The lowest BCUT2D eigenvalue weighted by Gasteiger charge is -2.36. The van der Waals surface area contributed by atoms with E-state index in [9.17, 15) is 4.79 Å². The highest BCUT2D eigenvalue weighted by atomic mass is 35.5. The smallest absolute Gasteiger partial charge is 0.223 e. The summed E-state index contributed by atoms with van der Waals surface area (Å²) in [7, 11) is 0. The van der Waals surface area contributed by atoms with Crippen molar-refractivity contribution in [2.24, 2.45) is 11.7 Å². The summed E-state index contributed by atoms with van der Waals surface area (Å²) in [5.41, 5.74) is 5.98. The maximum Gasteiger partial charge on any atom is 0.223 e. The number of rotatable bonds is 5. The summed E-state index contributed by atoms with van der Waals surface area (Å²) in [4.78, 5) is 23.6. The van der Waals surface area contributed by atoms with Crippen LogP contribution in [0.15, 0.2) is 24.4 Å². The number of carbonyl (C=O) groups is 1. The standard InChI is InChI=1S/C19H31N5O.2ClH/c1-16(20)17-5-10-24(11-6-17)19(25)7-9-22-12-14-23(15-13-22)18-4-2-3-8-21-18;;/h2-4,8,16-17H,5-7,9-15,20H2,1H3;2*1H. The lowest BCUT2D eigenvalue weighted by Crippen LogP contribution is -2.48. The molecule has 27 heavy (non-hydrogen) atoms. The monoisotopic (exact) mass is 417 g/mol. The van der Waals surface area contributed by atoms with Gasteiger partial charge in [0.2, 0.25) is 5.91 Å². The zero-order valence-electron chi connectivity index (χ0n) is 16.1. The molecular formula is C19H33Cl2N5O. The van der Waals surface area contributed by atoms with Gasteiger partial charge in [0.1, 0.15) is 5.82 Å². The summed E-state index contributed by atoms with van der Waals surface area (Å²) in [6.07, 6.45) is 4.57. The van der Waals surface area contributed by atoms with Crippen molar-refractivity contribution in [2.45, 2.75) is 32.2 Å². The molecule has 1 aromatic rings. The molecule has 1 unspecified atom stereocenters. The van der Waals surface area contributed by atoms with E-state index < -0.39 is 0 Å². The normalized spacial score (nSPS) is 19.8. The molecule has 6 nitrogen and oxygen atoms in total. The van der Waals surface area contributed by atoms with Crippen molar-refractivity contribution >= 4 is 36.5 Å². The summed E-state index contributed by atoms with van der Waals surface area (Å²) in [5, 5.41) is 0. The largest absolute Gasteiger partial charge is 0.354 e. The number of aromatic nitrogens is 1. The molecule has 1 aromatic heterocycles. The predicted molar refractivity (Wildman–Crippen MR) is 115 cm³/mol. The van der Waals surface area contributed by atoms with Crippen LogP contribution in [0, 0.1) is 5.92 Å². The molecule has 8 heteroatoms. The van der Waals surface area contributed by atoms with Crippen molar-refractivity contribution < 1.29 is 4.79 Å². The molecule has 2 aliphatic heterocycles. The molecule has 1 atom stereocenters. The molecule has 0 saturated carbocycles. The van der Waals surface area contributed by atoms with E-state index in [0.29, 0.717) is 18.2 Å². The SMILES string of the molecule is CC(N)C1CCN(C(=O)CCN2CCN(c3ccccn3)CC2)CC1.Cl.Cl. The minimum absolute atomic E-state index is 0. The fourth-order valence-corrected chi connectivity index (χ4v) is 3.83. The Bertz CT molecular complexity index is 544. The minimum Gasteiger partial charge on any atom is -0.354 e. The molecule has 2 fully saturated rings. The summed E-state index contributed by atoms with van der Waals surface area (Å²) in [6.45, 7) is 8.63. The Kier molecular flexibility index (Phi) is 10.4. The number of nitrogens with zero attached hydrogens (tertiary/aromatic N) is 4. The fraction of sp³-hybridized carbons (Fsp3) is 0.684. The topological polar surface area (TPSA) is 65.7 Å². The Morgan fingerprint density at radius 2 is 1.81 bits per heavy atom. The van der Waals surface area contributed by atoms with Gasteiger partial charge in [0.05, 0.1) is 0 Å². The van der Waals surface area contributed by atoms with E-state index in [4.69, 9.17) is 5.73 Å². The van der Waals surface area contributed by atoms with Crippen LogP contribution >= 0.6 is 24.8 Å². The van der Waals surface area contributed by atoms with Crippen molar-refractivity contribution in [3.8, 4) is 0 Å². The van der Waals surface area contributed by atoms with Crippen LogP contribution in [-0.4, -0.2) is 72.5 Å². The fourth-order valence-electron chi connectivity index (χ4n) is 3.83. The van der Waals surface area contributed by atoms with E-state index >= 15 is 0 Å². The minimum atomic E-state index is 0. The van der Waals surface area contributed by atoms with Gasteiger partial charge in [-0.1, -0.05) is 6.07 Å². The van der Waals surface area contributed by atoms with Gasteiger partial charge in [-0.3, -0.25) is 9.69 Å². The number of halogens is 2. The second-order valence-electron chi connectivity index (χ2n) is 7.34. The average molecular weight is 418 g/mol. The summed E-state index contributed by atoms with van der Waals surface area (Å²) < 4.78 is 0. The zero-order chi connectivity index (χ0) is 17.6. The number of amides is 1. The van der Waals surface area contributed by atoms with Gasteiger partial charge in [-0.2, -0.15) is 0 Å². The molecule has 154 valence electrons. The first kappa shape index (κ1) is 24.0. The molecule has 0 aromatic carbocycles. The Balaban J connectivity index is 0.00000182. The molecule has 1 amide bonds. The zero-order valence-corrected chi connectivity index (χ0v) is 17.8. The average Bonchev–Trinajstić information content (AvgIpc) is 2.67. The lowest BCUT2D eigenvalue weighted by atomic mass is 9.91. The molecule has 0 aliphatic carbocycles. The third-order valence-electron chi connectivity index (χ3n) is 5.62. The maximum atomic E-state index is 12.5. The molecule has 0 radical (unpaired) electrons. The second kappa shape index (κ2) is 11.7. The Morgan fingerprint density at radius 1 is 1.15 bits per heavy atom. The number of hydrogen-bond acceptors (Lipinski definition) is 5. The summed E-state index contributed by atoms with van der Waals surface area (Å²) in [5.74, 6) is 1.93. The molecular weight excluding hydrogens is 385 g/mol. The van der Waals surface area contributed by atoms with Gasteiger partial charge in [0.25, 0.3) is 0 Å². The van der Waals surface area contributed by atoms with Crippen LogP contribution in [0.4, 0.5) is 5.82 Å². The van der Waals surface area contributed by atoms with Crippen molar-refractivity contribution in [3.63, 3.8) is 0 Å². The van der Waals surface area contributed by atoms with Crippen LogP contribution in [0.2, 0.25) is 0 Å². The number of nitrogens with two attached hydrogens (primary N) is 1. The third kappa shape index (κ3) is 6.79. The van der Waals surface area contributed by atoms with E-state index in [0.717, 1.165) is 64.5 Å². The maximum absolute atomic E-state index is 12.5. The Morgan fingerprint density at radius 3 is 2.37 bits per heavy atom. The first-order valence-electron chi connectivity index (χ1n) is 9.55. The van der Waals surface area contributed by atoms with Crippen LogP contribution in [0.3, 0.4) is 0 Å². The molecule has 0 spiro atoms. The van der Waals surface area contributed by atoms with Gasteiger partial charge in [-0.25, -0.2) is 4.98 Å². The molecule has 2 N–H and O–H groups in total. The number of piperidine rings is 1. The molecule has 2 aliphatic rings. The number of anilines is 1. The lowest BCUT2D eigenvalue weighted by molar-refractivity contribution is -0.133. The number of piperazine rings is 1. The van der Waals surface area contributed by atoms with E-state index in [1.54, 1.807) is 0 Å². The quantitative estimate of drug-likeness (QED) is 0.793. The molecule has 3 heterocycles. The highest BCUT2D eigenvalue weighted by Gasteiger charge is 2.25. The van der Waals surface area contributed by atoms with Crippen molar-refractivity contribution in [1.82, 2.24) is 14.8 Å². The van der Waals surface area contributed by atoms with Gasteiger partial charge in [-0.05, 0) is 37.8 Å². The first-order chi connectivity index (χ1) is 12.1. The second-order valence-corrected chi connectivity index (χ2v) is 7.34. The van der Waals surface area contributed by atoms with Gasteiger partial charge in [-0.15, -0.1) is 24.8 Å². The van der Waals surface area contributed by atoms with E-state index in [-0.39, 0.29) is 30.9 Å². The van der Waals surface area contributed by atoms with Crippen LogP contribution in [0.5, 0.6) is 0 Å². The van der Waals surface area contributed by atoms with E-state index in [2.05, 4.69) is 27.8 Å². The van der Waals surface area contributed by atoms with Crippen LogP contribution in [0.1, 0.15) is 26.2 Å². The highest BCUT2D eigenvalue weighted by molar-refractivity contribution is 5.85. The molecule has 0 bridgehead atoms. The molecule has 2 saturated heterocycles. The predicted octanol–water partition coefficient (Wildman–Crippen LogP) is 2.02. The van der Waals surface area contributed by atoms with Crippen LogP contribution in [0.25, 0.3) is 0 Å². The highest BCUT2D eigenvalue weighted by Crippen LogP contribution is 2.20. The first-order valence-corrected chi connectivity index (χ1v) is 9.55. The molecule has 3 rings (SSSR count). The van der Waals surface area contributed by atoms with Gasteiger partial charge in [0.15, 0.2) is 0 Å². The van der Waals surface area contributed by atoms with Crippen LogP contribution in [-0.2, 0) is 4.79 Å². The number of hydrogen-bond donors (Lipinski definition) is 1. The third-order valence-corrected chi connectivity index (χ3v) is 5.62. The summed E-state index contributed by atoms with van der Waals surface area (Å²) in [6, 6.07) is 6.28. The van der Waals surface area contributed by atoms with Gasteiger partial charge >= 0.3 is 0 Å². The van der Waals surface area contributed by atoms with Crippen LogP contribution < -0.4 is 10.6 Å². The van der Waals surface area contributed by atoms with Gasteiger partial charge in [0, 0.05) is 64.5 Å². The van der Waals surface area contributed by atoms with E-state index in [1.165, 1.54) is 0 Å². The number of pyridine rings is 1. The Labute approximate surface area is 175 Å². The van der Waals surface area contributed by atoms with Crippen molar-refractivity contribution in [3.05, 3.63) is 24.4 Å².